The third-order valence-electron chi connectivity index (χ3n) is 5.26. The number of aromatic nitrogens is 3. The molecular formula is C21H25N5O2. The molecule has 0 saturated carbocycles. The van der Waals surface area contributed by atoms with E-state index < -0.39 is 0 Å². The Hall–Kier alpha value is -2.93. The first-order valence-electron chi connectivity index (χ1n) is 9.71. The Kier molecular flexibility index (Phi) is 5.25. The number of carbonyl (C=O) groups is 1. The molecule has 4 heterocycles. The molecule has 3 aromatic heterocycles. The van der Waals surface area contributed by atoms with Gasteiger partial charge in [-0.05, 0) is 57.1 Å². The first-order chi connectivity index (χ1) is 13.7. The summed E-state index contributed by atoms with van der Waals surface area (Å²) in [4.78, 5) is 23.4. The average Bonchev–Trinajstić information content (AvgIpc) is 3.07. The van der Waals surface area contributed by atoms with Gasteiger partial charge in [-0.2, -0.15) is 0 Å². The van der Waals surface area contributed by atoms with E-state index in [-0.39, 0.29) is 11.9 Å². The van der Waals surface area contributed by atoms with Gasteiger partial charge in [0.1, 0.15) is 5.65 Å². The van der Waals surface area contributed by atoms with Crippen molar-refractivity contribution in [2.45, 2.75) is 26.3 Å². The van der Waals surface area contributed by atoms with E-state index in [1.807, 2.05) is 43.6 Å². The van der Waals surface area contributed by atoms with Crippen LogP contribution in [0.3, 0.4) is 0 Å². The predicted molar refractivity (Wildman–Crippen MR) is 107 cm³/mol. The van der Waals surface area contributed by atoms with E-state index in [1.54, 1.807) is 6.20 Å². The average molecular weight is 379 g/mol. The number of esters is 1. The smallest absolute Gasteiger partial charge is 0.309 e. The number of imidazole rings is 1. The molecule has 2 N–H and O–H groups in total. The van der Waals surface area contributed by atoms with E-state index in [4.69, 9.17) is 15.5 Å². The Morgan fingerprint density at radius 2 is 2.11 bits per heavy atom. The van der Waals surface area contributed by atoms with Gasteiger partial charge >= 0.3 is 5.97 Å². The summed E-state index contributed by atoms with van der Waals surface area (Å²) in [5.41, 5.74) is 10.6. The molecule has 146 valence electrons. The quantitative estimate of drug-likeness (QED) is 0.686. The summed E-state index contributed by atoms with van der Waals surface area (Å²) in [6.45, 7) is 4.74. The number of piperidine rings is 1. The number of hydrogen-bond donors (Lipinski definition) is 1. The van der Waals surface area contributed by atoms with Crippen LogP contribution in [0.15, 0.2) is 42.9 Å². The predicted octanol–water partition coefficient (Wildman–Crippen LogP) is 2.75. The number of nitrogens with two attached hydrogens (primary N) is 1. The fraction of sp³-hybridized carbons (Fsp3) is 0.381. The summed E-state index contributed by atoms with van der Waals surface area (Å²) in [5.74, 6) is -0.0624. The zero-order valence-corrected chi connectivity index (χ0v) is 16.0. The molecule has 0 aromatic carbocycles. The van der Waals surface area contributed by atoms with Gasteiger partial charge in [-0.25, -0.2) is 4.98 Å². The lowest BCUT2D eigenvalue weighted by Gasteiger charge is -2.30. The highest BCUT2D eigenvalue weighted by molar-refractivity contribution is 5.72. The highest BCUT2D eigenvalue weighted by Crippen LogP contribution is 2.28. The molecule has 1 fully saturated rings. The molecule has 0 spiro atoms. The van der Waals surface area contributed by atoms with Gasteiger partial charge in [0.2, 0.25) is 0 Å². The topological polar surface area (TPSA) is 85.8 Å². The van der Waals surface area contributed by atoms with Crippen LogP contribution < -0.4 is 5.73 Å². The molecule has 7 nitrogen and oxygen atoms in total. The minimum atomic E-state index is -0.0687. The summed E-state index contributed by atoms with van der Waals surface area (Å²) in [6.07, 6.45) is 7.15. The van der Waals surface area contributed by atoms with E-state index in [0.29, 0.717) is 12.3 Å². The summed E-state index contributed by atoms with van der Waals surface area (Å²) < 4.78 is 7.24. The normalized spacial score (nSPS) is 15.8. The number of nitrogens with zero attached hydrogens (tertiary/aromatic N) is 4. The lowest BCUT2D eigenvalue weighted by molar-refractivity contribution is -0.149. The Morgan fingerprint density at radius 1 is 1.29 bits per heavy atom. The summed E-state index contributed by atoms with van der Waals surface area (Å²) in [7, 11) is 0. The number of anilines is 1. The molecule has 0 amide bonds. The molecular weight excluding hydrogens is 354 g/mol. The Bertz CT molecular complexity index is 962. The molecule has 0 aliphatic carbocycles. The van der Waals surface area contributed by atoms with Crippen LogP contribution in [0.1, 0.15) is 25.5 Å². The second-order valence-electron chi connectivity index (χ2n) is 7.14. The number of rotatable bonds is 5. The van der Waals surface area contributed by atoms with Crippen molar-refractivity contribution in [1.29, 1.82) is 0 Å². The third-order valence-corrected chi connectivity index (χ3v) is 5.26. The Balaban J connectivity index is 1.60. The fourth-order valence-electron chi connectivity index (χ4n) is 3.79. The molecule has 1 aliphatic heterocycles. The SMILES string of the molecule is CCOC(=O)C1CCN(Cc2c(-c3cccnc3)nc3ccc(N)cn23)CC1. The van der Waals surface area contributed by atoms with Gasteiger partial charge in [-0.1, -0.05) is 0 Å². The molecule has 4 rings (SSSR count). The van der Waals surface area contributed by atoms with E-state index in [0.717, 1.165) is 55.1 Å². The van der Waals surface area contributed by atoms with Crippen molar-refractivity contribution in [1.82, 2.24) is 19.3 Å². The van der Waals surface area contributed by atoms with Crippen LogP contribution in [0.4, 0.5) is 5.69 Å². The number of nitrogen functional groups attached to an aromatic ring is 1. The number of likely N-dealkylation sites (tertiary alicyclic amines) is 1. The minimum Gasteiger partial charge on any atom is -0.466 e. The molecule has 0 atom stereocenters. The van der Waals surface area contributed by atoms with Crippen LogP contribution in [-0.2, 0) is 16.1 Å². The van der Waals surface area contributed by atoms with Crippen molar-refractivity contribution < 1.29 is 9.53 Å². The van der Waals surface area contributed by atoms with Crippen molar-refractivity contribution in [2.75, 3.05) is 25.4 Å². The lowest BCUT2D eigenvalue weighted by Crippen LogP contribution is -2.36. The maximum atomic E-state index is 12.0. The minimum absolute atomic E-state index is 0.00632. The molecule has 0 bridgehead atoms. The van der Waals surface area contributed by atoms with E-state index in [9.17, 15) is 4.79 Å². The van der Waals surface area contributed by atoms with Crippen molar-refractivity contribution in [3.05, 3.63) is 48.5 Å². The number of pyridine rings is 2. The first-order valence-corrected chi connectivity index (χ1v) is 9.71. The van der Waals surface area contributed by atoms with Crippen molar-refractivity contribution >= 4 is 17.3 Å². The zero-order chi connectivity index (χ0) is 19.5. The maximum Gasteiger partial charge on any atom is 0.309 e. The van der Waals surface area contributed by atoms with Gasteiger partial charge in [0.05, 0.1) is 23.9 Å². The van der Waals surface area contributed by atoms with Crippen LogP contribution in [0, 0.1) is 5.92 Å². The number of carbonyl (C=O) groups excluding carboxylic acids is 1. The second kappa shape index (κ2) is 7.98. The highest BCUT2D eigenvalue weighted by atomic mass is 16.5. The molecule has 1 saturated heterocycles. The van der Waals surface area contributed by atoms with Crippen molar-refractivity contribution in [3.63, 3.8) is 0 Å². The zero-order valence-electron chi connectivity index (χ0n) is 16.0. The lowest BCUT2D eigenvalue weighted by atomic mass is 9.97. The Morgan fingerprint density at radius 3 is 2.82 bits per heavy atom. The van der Waals surface area contributed by atoms with Crippen molar-refractivity contribution in [3.8, 4) is 11.3 Å². The number of fused-ring (bicyclic) bond motifs is 1. The van der Waals surface area contributed by atoms with Gasteiger partial charge in [0.25, 0.3) is 0 Å². The molecule has 28 heavy (non-hydrogen) atoms. The Labute approximate surface area is 164 Å². The molecule has 3 aromatic rings. The molecule has 0 unspecified atom stereocenters. The van der Waals surface area contributed by atoms with Gasteiger partial charge in [0.15, 0.2) is 0 Å². The molecule has 1 aliphatic rings. The van der Waals surface area contributed by atoms with Crippen molar-refractivity contribution in [2.24, 2.45) is 5.92 Å². The largest absolute Gasteiger partial charge is 0.466 e. The van der Waals surface area contributed by atoms with Crippen LogP contribution in [0.5, 0.6) is 0 Å². The van der Waals surface area contributed by atoms with Crippen LogP contribution in [0.25, 0.3) is 16.9 Å². The van der Waals surface area contributed by atoms with Gasteiger partial charge < -0.3 is 14.9 Å². The van der Waals surface area contributed by atoms with Crippen LogP contribution in [-0.4, -0.2) is 44.9 Å². The highest BCUT2D eigenvalue weighted by Gasteiger charge is 2.27. The fourth-order valence-corrected chi connectivity index (χ4v) is 3.79. The summed E-state index contributed by atoms with van der Waals surface area (Å²) >= 11 is 0. The number of ether oxygens (including phenoxy) is 1. The molecule has 7 heteroatoms. The van der Waals surface area contributed by atoms with Crippen LogP contribution >= 0.6 is 0 Å². The standard InChI is InChI=1S/C21H25N5O2/c1-2-28-21(27)15-7-10-25(11-8-15)14-18-20(16-4-3-9-23-12-16)24-19-6-5-17(22)13-26(18)19/h3-6,9,12-13,15H,2,7-8,10-11,14,22H2,1H3. The number of hydrogen-bond acceptors (Lipinski definition) is 6. The van der Waals surface area contributed by atoms with E-state index in [1.165, 1.54) is 0 Å². The second-order valence-corrected chi connectivity index (χ2v) is 7.14. The van der Waals surface area contributed by atoms with Gasteiger partial charge in [-0.15, -0.1) is 0 Å². The van der Waals surface area contributed by atoms with E-state index in [2.05, 4.69) is 14.3 Å². The maximum absolute atomic E-state index is 12.0. The monoisotopic (exact) mass is 379 g/mol. The van der Waals surface area contributed by atoms with E-state index >= 15 is 0 Å². The third kappa shape index (κ3) is 3.71. The van der Waals surface area contributed by atoms with Gasteiger partial charge in [0, 0.05) is 36.4 Å². The first kappa shape index (κ1) is 18.4. The summed E-state index contributed by atoms with van der Waals surface area (Å²) in [5, 5.41) is 0. The van der Waals surface area contributed by atoms with Crippen LogP contribution in [0.2, 0.25) is 0 Å². The molecule has 0 radical (unpaired) electrons. The van der Waals surface area contributed by atoms with Gasteiger partial charge in [-0.3, -0.25) is 14.7 Å². The summed E-state index contributed by atoms with van der Waals surface area (Å²) in [6, 6.07) is 7.74.